The van der Waals surface area contributed by atoms with E-state index in [0.717, 1.165) is 23.1 Å². The van der Waals surface area contributed by atoms with Gasteiger partial charge in [0.05, 0.1) is 17.5 Å². The summed E-state index contributed by atoms with van der Waals surface area (Å²) in [5.74, 6) is -0.164. The topological polar surface area (TPSA) is 57.7 Å². The minimum Gasteiger partial charge on any atom is -0.333 e. The number of fused-ring (bicyclic) bond motifs is 3. The van der Waals surface area contributed by atoms with Gasteiger partial charge in [0.2, 0.25) is 15.9 Å². The van der Waals surface area contributed by atoms with Crippen LogP contribution in [0.25, 0.3) is 0 Å². The van der Waals surface area contributed by atoms with E-state index in [-0.39, 0.29) is 29.9 Å². The van der Waals surface area contributed by atoms with Crippen molar-refractivity contribution in [1.29, 1.82) is 0 Å². The Morgan fingerprint density at radius 1 is 1.15 bits per heavy atom. The summed E-state index contributed by atoms with van der Waals surface area (Å²) in [5, 5.41) is 0.594. The summed E-state index contributed by atoms with van der Waals surface area (Å²) in [4.78, 5) is 14.7. The first-order valence-corrected chi connectivity index (χ1v) is 10.3. The molecule has 2 aromatic rings. The molecule has 1 saturated heterocycles. The van der Waals surface area contributed by atoms with E-state index < -0.39 is 10.0 Å². The number of rotatable bonds is 2. The summed E-state index contributed by atoms with van der Waals surface area (Å²) in [6.07, 6.45) is 0.763. The minimum absolute atomic E-state index is 0.122. The van der Waals surface area contributed by atoms with Crippen LogP contribution < -0.4 is 0 Å². The number of carbonyl (C=O) groups excluding carboxylic acids is 1. The highest BCUT2D eigenvalue weighted by Crippen LogP contribution is 2.36. The number of hydrogen-bond donors (Lipinski definition) is 0. The number of amides is 1. The molecule has 4 rings (SSSR count). The van der Waals surface area contributed by atoms with Gasteiger partial charge < -0.3 is 4.90 Å². The Hall–Kier alpha value is -1.89. The molecule has 0 N–H and O–H groups in total. The van der Waals surface area contributed by atoms with Crippen LogP contribution in [0.5, 0.6) is 0 Å². The molecule has 2 aliphatic rings. The summed E-state index contributed by atoms with van der Waals surface area (Å²) >= 11 is 6.15. The van der Waals surface area contributed by atoms with E-state index in [1.54, 1.807) is 23.1 Å². The number of hydrogen-bond acceptors (Lipinski definition) is 3. The van der Waals surface area contributed by atoms with Crippen molar-refractivity contribution in [3.63, 3.8) is 0 Å². The molecule has 0 aliphatic carbocycles. The number of piperazine rings is 1. The van der Waals surface area contributed by atoms with Crippen LogP contribution in [0, 0.1) is 6.92 Å². The monoisotopic (exact) mass is 390 g/mol. The molecule has 2 heterocycles. The van der Waals surface area contributed by atoms with Gasteiger partial charge in [0.25, 0.3) is 0 Å². The third-order valence-electron chi connectivity index (χ3n) is 5.10. The van der Waals surface area contributed by atoms with Gasteiger partial charge >= 0.3 is 0 Å². The van der Waals surface area contributed by atoms with Crippen LogP contribution in [-0.2, 0) is 21.2 Å². The predicted octanol–water partition coefficient (Wildman–Crippen LogP) is 2.78. The first-order chi connectivity index (χ1) is 12.4. The molecule has 136 valence electrons. The van der Waals surface area contributed by atoms with Crippen molar-refractivity contribution in [3.05, 3.63) is 64.2 Å². The van der Waals surface area contributed by atoms with Gasteiger partial charge in [0.1, 0.15) is 0 Å². The summed E-state index contributed by atoms with van der Waals surface area (Å²) in [6, 6.07) is 12.1. The molecular formula is C19H19ClN2O3S. The Labute approximate surface area is 158 Å². The Balaban J connectivity index is 1.72. The third-order valence-corrected chi connectivity index (χ3v) is 7.14. The molecule has 1 amide bonds. The number of nitrogens with zero attached hydrogens (tertiary/aromatic N) is 2. The molecule has 26 heavy (non-hydrogen) atoms. The maximum atomic E-state index is 13.1. The quantitative estimate of drug-likeness (QED) is 0.792. The van der Waals surface area contributed by atoms with Crippen molar-refractivity contribution >= 4 is 27.5 Å². The van der Waals surface area contributed by atoms with E-state index in [1.807, 2.05) is 31.2 Å². The highest BCUT2D eigenvalue weighted by Gasteiger charge is 2.41. The summed E-state index contributed by atoms with van der Waals surface area (Å²) < 4.78 is 27.4. The van der Waals surface area contributed by atoms with Crippen LogP contribution in [0.3, 0.4) is 0 Å². The Morgan fingerprint density at radius 2 is 1.96 bits per heavy atom. The SMILES string of the molecule is Cc1cccc(S(=O)(=O)N2CC(=O)N3CCc4ccc(Cl)cc4C3C2)c1. The highest BCUT2D eigenvalue weighted by molar-refractivity contribution is 7.89. The number of carbonyl (C=O) groups is 1. The second-order valence-electron chi connectivity index (χ2n) is 6.81. The zero-order chi connectivity index (χ0) is 18.5. The van der Waals surface area contributed by atoms with E-state index in [2.05, 4.69) is 0 Å². The van der Waals surface area contributed by atoms with Gasteiger partial charge in [0.15, 0.2) is 0 Å². The van der Waals surface area contributed by atoms with Crippen molar-refractivity contribution in [2.75, 3.05) is 19.6 Å². The lowest BCUT2D eigenvalue weighted by molar-refractivity contribution is -0.138. The smallest absolute Gasteiger partial charge is 0.243 e. The van der Waals surface area contributed by atoms with Crippen molar-refractivity contribution in [1.82, 2.24) is 9.21 Å². The molecular weight excluding hydrogens is 372 g/mol. The Morgan fingerprint density at radius 3 is 2.73 bits per heavy atom. The minimum atomic E-state index is -3.73. The van der Waals surface area contributed by atoms with Crippen molar-refractivity contribution < 1.29 is 13.2 Å². The highest BCUT2D eigenvalue weighted by atomic mass is 35.5. The molecule has 2 aliphatic heterocycles. The van der Waals surface area contributed by atoms with E-state index in [4.69, 9.17) is 11.6 Å². The number of benzene rings is 2. The largest absolute Gasteiger partial charge is 0.333 e. The molecule has 0 aromatic heterocycles. The van der Waals surface area contributed by atoms with Crippen molar-refractivity contribution in [2.24, 2.45) is 0 Å². The summed E-state index contributed by atoms with van der Waals surface area (Å²) in [5.41, 5.74) is 2.94. The van der Waals surface area contributed by atoms with Gasteiger partial charge in [-0.15, -0.1) is 0 Å². The second kappa shape index (κ2) is 6.37. The van der Waals surface area contributed by atoms with Crippen molar-refractivity contribution in [2.45, 2.75) is 24.3 Å². The fraction of sp³-hybridized carbons (Fsp3) is 0.316. The molecule has 1 fully saturated rings. The predicted molar refractivity (Wildman–Crippen MR) is 99.5 cm³/mol. The fourth-order valence-corrected chi connectivity index (χ4v) is 5.45. The van der Waals surface area contributed by atoms with E-state index >= 15 is 0 Å². The van der Waals surface area contributed by atoms with Crippen LogP contribution >= 0.6 is 11.6 Å². The normalized spacial score (nSPS) is 20.6. The number of sulfonamides is 1. The van der Waals surface area contributed by atoms with Crippen LogP contribution in [-0.4, -0.2) is 43.2 Å². The molecule has 0 radical (unpaired) electrons. The van der Waals surface area contributed by atoms with Crippen LogP contribution in [0.2, 0.25) is 5.02 Å². The van der Waals surface area contributed by atoms with Crippen LogP contribution in [0.15, 0.2) is 47.4 Å². The average Bonchev–Trinajstić information content (AvgIpc) is 2.61. The third kappa shape index (κ3) is 2.92. The van der Waals surface area contributed by atoms with Gasteiger partial charge in [-0.2, -0.15) is 4.31 Å². The Bertz CT molecular complexity index is 990. The standard InChI is InChI=1S/C19H19ClN2O3S/c1-13-3-2-4-16(9-13)26(24,25)21-11-18-17-10-15(20)6-5-14(17)7-8-22(18)19(23)12-21/h2-6,9-10,18H,7-8,11-12H2,1H3. The van der Waals surface area contributed by atoms with Gasteiger partial charge in [-0.1, -0.05) is 29.8 Å². The molecule has 1 unspecified atom stereocenters. The van der Waals surface area contributed by atoms with Gasteiger partial charge in [-0.3, -0.25) is 4.79 Å². The summed E-state index contributed by atoms with van der Waals surface area (Å²) in [7, 11) is -3.73. The van der Waals surface area contributed by atoms with Crippen molar-refractivity contribution in [3.8, 4) is 0 Å². The Kier molecular flexibility index (Phi) is 4.29. The molecule has 0 saturated carbocycles. The van der Waals surface area contributed by atoms with Gasteiger partial charge in [-0.25, -0.2) is 8.42 Å². The van der Waals surface area contributed by atoms with Crippen LogP contribution in [0.4, 0.5) is 0 Å². The molecule has 0 bridgehead atoms. The van der Waals surface area contributed by atoms with Crippen LogP contribution in [0.1, 0.15) is 22.7 Å². The second-order valence-corrected chi connectivity index (χ2v) is 9.18. The zero-order valence-electron chi connectivity index (χ0n) is 14.4. The van der Waals surface area contributed by atoms with E-state index in [0.29, 0.717) is 11.6 Å². The lowest BCUT2D eigenvalue weighted by Crippen LogP contribution is -2.55. The molecule has 2 aromatic carbocycles. The summed E-state index contributed by atoms with van der Waals surface area (Å²) in [6.45, 7) is 2.58. The lowest BCUT2D eigenvalue weighted by atomic mass is 9.91. The van der Waals surface area contributed by atoms with Gasteiger partial charge in [-0.05, 0) is 54.3 Å². The average molecular weight is 391 g/mol. The lowest BCUT2D eigenvalue weighted by Gasteiger charge is -2.44. The maximum Gasteiger partial charge on any atom is 0.243 e. The molecule has 7 heteroatoms. The van der Waals surface area contributed by atoms with Gasteiger partial charge in [0, 0.05) is 18.1 Å². The first kappa shape index (κ1) is 17.5. The van der Waals surface area contributed by atoms with E-state index in [1.165, 1.54) is 4.31 Å². The first-order valence-electron chi connectivity index (χ1n) is 8.51. The van der Waals surface area contributed by atoms with E-state index in [9.17, 15) is 13.2 Å². The molecule has 1 atom stereocenters. The molecule has 5 nitrogen and oxygen atoms in total. The fourth-order valence-electron chi connectivity index (χ4n) is 3.77. The number of aryl methyl sites for hydroxylation is 1. The molecule has 0 spiro atoms. The maximum absolute atomic E-state index is 13.1. The number of halogens is 1. The zero-order valence-corrected chi connectivity index (χ0v) is 15.9.